The summed E-state index contributed by atoms with van der Waals surface area (Å²) in [5, 5.41) is 5.21. The third-order valence-corrected chi connectivity index (χ3v) is 4.85. The first-order valence-corrected chi connectivity index (χ1v) is 9.44. The Hall–Kier alpha value is -3.67. The Balaban J connectivity index is 1.54. The molecule has 3 amide bonds. The summed E-state index contributed by atoms with van der Waals surface area (Å²) in [7, 11) is 0. The molecule has 5 nitrogen and oxygen atoms in total. The fourth-order valence-electron chi connectivity index (χ4n) is 3.45. The Bertz CT molecular complexity index is 1050. The zero-order valence-corrected chi connectivity index (χ0v) is 15.7. The van der Waals surface area contributed by atoms with E-state index in [0.29, 0.717) is 17.8 Å². The number of carbonyl (C=O) groups excluding carboxylic acids is 2. The van der Waals surface area contributed by atoms with Crippen LogP contribution in [0, 0.1) is 5.82 Å². The maximum atomic E-state index is 13.7. The van der Waals surface area contributed by atoms with Gasteiger partial charge < -0.3 is 15.5 Å². The van der Waals surface area contributed by atoms with Crippen LogP contribution in [0.15, 0.2) is 72.8 Å². The Morgan fingerprint density at radius 2 is 1.66 bits per heavy atom. The van der Waals surface area contributed by atoms with Crippen LogP contribution >= 0.6 is 0 Å². The summed E-state index contributed by atoms with van der Waals surface area (Å²) in [6.45, 7) is 0.617. The number of aryl methyl sites for hydroxylation is 1. The highest BCUT2D eigenvalue weighted by Crippen LogP contribution is 2.31. The minimum atomic E-state index is -0.549. The van der Waals surface area contributed by atoms with Gasteiger partial charge in [-0.15, -0.1) is 0 Å². The number of amides is 3. The second-order valence-corrected chi connectivity index (χ2v) is 6.83. The number of fused-ring (bicyclic) bond motifs is 1. The van der Waals surface area contributed by atoms with E-state index in [2.05, 4.69) is 10.6 Å². The number of nitrogens with zero attached hydrogens (tertiary/aromatic N) is 1. The molecule has 0 fully saturated rings. The molecule has 0 bridgehead atoms. The van der Waals surface area contributed by atoms with Gasteiger partial charge in [0.1, 0.15) is 5.82 Å². The molecule has 2 N–H and O–H groups in total. The molecule has 1 aliphatic rings. The van der Waals surface area contributed by atoms with Crippen LogP contribution in [0.1, 0.15) is 22.3 Å². The molecule has 0 atom stereocenters. The van der Waals surface area contributed by atoms with E-state index < -0.39 is 11.8 Å². The molecule has 0 unspecified atom stereocenters. The number of benzene rings is 3. The average Bonchev–Trinajstić information content (AvgIpc) is 2.75. The van der Waals surface area contributed by atoms with Crippen LogP contribution in [0.4, 0.5) is 26.2 Å². The fraction of sp³-hybridized carbons (Fsp3) is 0.130. The molecule has 0 spiro atoms. The zero-order valence-electron chi connectivity index (χ0n) is 15.7. The number of nitrogens with one attached hydrogen (secondary N) is 2. The SMILES string of the molecule is O=C(Nc1ccc2c(c1)N(C(=O)c1ccccc1)CCC2)Nc1ccccc1F. The summed E-state index contributed by atoms with van der Waals surface area (Å²) in [4.78, 5) is 27.0. The Kier molecular flexibility index (Phi) is 5.24. The molecule has 1 heterocycles. The monoisotopic (exact) mass is 389 g/mol. The van der Waals surface area contributed by atoms with Gasteiger partial charge in [-0.3, -0.25) is 4.79 Å². The molecule has 4 rings (SSSR count). The summed E-state index contributed by atoms with van der Waals surface area (Å²) in [5.74, 6) is -0.577. The second-order valence-electron chi connectivity index (χ2n) is 6.83. The van der Waals surface area contributed by atoms with Crippen molar-refractivity contribution in [3.05, 3.63) is 89.7 Å². The molecule has 3 aromatic carbocycles. The summed E-state index contributed by atoms with van der Waals surface area (Å²) < 4.78 is 13.7. The number of urea groups is 1. The maximum Gasteiger partial charge on any atom is 0.323 e. The van der Waals surface area contributed by atoms with Gasteiger partial charge in [-0.1, -0.05) is 36.4 Å². The molecule has 0 saturated heterocycles. The molecule has 29 heavy (non-hydrogen) atoms. The highest BCUT2D eigenvalue weighted by molar-refractivity contribution is 6.07. The largest absolute Gasteiger partial charge is 0.323 e. The van der Waals surface area contributed by atoms with Crippen molar-refractivity contribution in [2.45, 2.75) is 12.8 Å². The van der Waals surface area contributed by atoms with Crippen LogP contribution < -0.4 is 15.5 Å². The van der Waals surface area contributed by atoms with Gasteiger partial charge in [0.25, 0.3) is 5.91 Å². The van der Waals surface area contributed by atoms with Crippen molar-refractivity contribution in [3.63, 3.8) is 0 Å². The Morgan fingerprint density at radius 3 is 2.45 bits per heavy atom. The average molecular weight is 389 g/mol. The standard InChI is InChI=1S/C23H20FN3O2/c24-19-10-4-5-11-20(19)26-23(29)25-18-13-12-16-9-6-14-27(21(16)15-18)22(28)17-7-2-1-3-8-17/h1-5,7-8,10-13,15H,6,9,14H2,(H2,25,26,29). The van der Waals surface area contributed by atoms with E-state index in [4.69, 9.17) is 0 Å². The highest BCUT2D eigenvalue weighted by Gasteiger charge is 2.24. The van der Waals surface area contributed by atoms with Gasteiger partial charge in [-0.05, 0) is 54.8 Å². The van der Waals surface area contributed by atoms with Crippen molar-refractivity contribution < 1.29 is 14.0 Å². The number of carbonyl (C=O) groups is 2. The second kappa shape index (κ2) is 8.14. The number of hydrogen-bond acceptors (Lipinski definition) is 2. The fourth-order valence-corrected chi connectivity index (χ4v) is 3.45. The molecule has 0 aromatic heterocycles. The number of hydrogen-bond donors (Lipinski definition) is 2. The van der Waals surface area contributed by atoms with Gasteiger partial charge in [-0.2, -0.15) is 0 Å². The van der Waals surface area contributed by atoms with Gasteiger partial charge in [0, 0.05) is 23.5 Å². The lowest BCUT2D eigenvalue weighted by atomic mass is 10.00. The summed E-state index contributed by atoms with van der Waals surface area (Å²) in [5.41, 5.74) is 3.10. The summed E-state index contributed by atoms with van der Waals surface area (Å²) >= 11 is 0. The van der Waals surface area contributed by atoms with E-state index >= 15 is 0 Å². The Morgan fingerprint density at radius 1 is 0.897 bits per heavy atom. The first kappa shape index (κ1) is 18.7. The predicted molar refractivity (Wildman–Crippen MR) is 112 cm³/mol. The van der Waals surface area contributed by atoms with Crippen LogP contribution in [0.3, 0.4) is 0 Å². The minimum absolute atomic E-state index is 0.0699. The van der Waals surface area contributed by atoms with Gasteiger partial charge in [-0.25, -0.2) is 9.18 Å². The normalized spacial score (nSPS) is 12.8. The first-order valence-electron chi connectivity index (χ1n) is 9.44. The van der Waals surface area contributed by atoms with Crippen LogP contribution in [0.5, 0.6) is 0 Å². The molecule has 6 heteroatoms. The molecule has 1 aliphatic heterocycles. The van der Waals surface area contributed by atoms with Crippen LogP contribution in [0.25, 0.3) is 0 Å². The molecule has 0 saturated carbocycles. The van der Waals surface area contributed by atoms with Crippen molar-refractivity contribution in [1.29, 1.82) is 0 Å². The van der Waals surface area contributed by atoms with Gasteiger partial charge >= 0.3 is 6.03 Å². The van der Waals surface area contributed by atoms with Crippen molar-refractivity contribution in [2.75, 3.05) is 22.1 Å². The molecule has 0 radical (unpaired) electrons. The van der Waals surface area contributed by atoms with E-state index in [9.17, 15) is 14.0 Å². The van der Waals surface area contributed by atoms with E-state index in [1.165, 1.54) is 12.1 Å². The van der Waals surface area contributed by atoms with Crippen molar-refractivity contribution >= 4 is 29.0 Å². The number of halogens is 1. The molecule has 146 valence electrons. The predicted octanol–water partition coefficient (Wildman–Crippen LogP) is 5.06. The topological polar surface area (TPSA) is 61.4 Å². The minimum Gasteiger partial charge on any atom is -0.308 e. The van der Waals surface area contributed by atoms with Crippen LogP contribution in [-0.2, 0) is 6.42 Å². The zero-order chi connectivity index (χ0) is 20.2. The number of para-hydroxylation sites is 1. The molecule has 3 aromatic rings. The maximum absolute atomic E-state index is 13.7. The van der Waals surface area contributed by atoms with Gasteiger partial charge in [0.05, 0.1) is 5.69 Å². The molecular weight excluding hydrogens is 369 g/mol. The van der Waals surface area contributed by atoms with E-state index in [1.54, 1.807) is 41.3 Å². The van der Waals surface area contributed by atoms with Crippen molar-refractivity contribution in [2.24, 2.45) is 0 Å². The van der Waals surface area contributed by atoms with Crippen molar-refractivity contribution in [3.8, 4) is 0 Å². The quantitative estimate of drug-likeness (QED) is 0.658. The smallest absolute Gasteiger partial charge is 0.308 e. The Labute approximate surface area is 168 Å². The van der Waals surface area contributed by atoms with Crippen LogP contribution in [0.2, 0.25) is 0 Å². The lowest BCUT2D eigenvalue weighted by Crippen LogP contribution is -2.35. The van der Waals surface area contributed by atoms with Crippen LogP contribution in [-0.4, -0.2) is 18.5 Å². The van der Waals surface area contributed by atoms with Gasteiger partial charge in [0.2, 0.25) is 0 Å². The number of anilines is 3. The van der Waals surface area contributed by atoms with E-state index in [0.717, 1.165) is 24.1 Å². The first-order chi connectivity index (χ1) is 14.1. The summed E-state index contributed by atoms with van der Waals surface area (Å²) in [6.07, 6.45) is 1.75. The third-order valence-electron chi connectivity index (χ3n) is 4.85. The van der Waals surface area contributed by atoms with Crippen molar-refractivity contribution in [1.82, 2.24) is 0 Å². The summed E-state index contributed by atoms with van der Waals surface area (Å²) in [6, 6.07) is 20.0. The molecule has 0 aliphatic carbocycles. The van der Waals surface area contributed by atoms with Gasteiger partial charge in [0.15, 0.2) is 0 Å². The number of rotatable bonds is 3. The highest BCUT2D eigenvalue weighted by atomic mass is 19.1. The van der Waals surface area contributed by atoms with E-state index in [-0.39, 0.29) is 11.6 Å². The molecular formula is C23H20FN3O2. The van der Waals surface area contributed by atoms with E-state index in [1.807, 2.05) is 24.3 Å². The lowest BCUT2D eigenvalue weighted by Gasteiger charge is -2.30. The lowest BCUT2D eigenvalue weighted by molar-refractivity contribution is 0.0985. The third kappa shape index (κ3) is 4.11.